The molecule has 0 saturated carbocycles. The predicted octanol–water partition coefficient (Wildman–Crippen LogP) is 2.30. The predicted molar refractivity (Wildman–Crippen MR) is 73.9 cm³/mol. The van der Waals surface area contributed by atoms with Crippen molar-refractivity contribution >= 4 is 17.3 Å². The molecule has 0 aliphatic carbocycles. The number of carbonyl (C=O) groups excluding carboxylic acids is 1. The minimum Gasteiger partial charge on any atom is -0.393 e. The van der Waals surface area contributed by atoms with Crippen molar-refractivity contribution in [2.75, 3.05) is 19.3 Å². The first-order valence-corrected chi connectivity index (χ1v) is 6.16. The molecule has 1 rings (SSSR count). The Labute approximate surface area is 112 Å². The monoisotopic (exact) mass is 265 g/mol. The summed E-state index contributed by atoms with van der Waals surface area (Å²) in [4.78, 5) is 23.9. The van der Waals surface area contributed by atoms with Crippen molar-refractivity contribution in [2.45, 2.75) is 20.3 Å². The van der Waals surface area contributed by atoms with Crippen LogP contribution < -0.4 is 5.73 Å². The molecule has 0 heterocycles. The van der Waals surface area contributed by atoms with Gasteiger partial charge in [0.1, 0.15) is 5.69 Å². The van der Waals surface area contributed by atoms with Crippen LogP contribution in [0.3, 0.4) is 0 Å². The molecular formula is C13H19N3O3. The van der Waals surface area contributed by atoms with Crippen LogP contribution in [0.2, 0.25) is 0 Å². The van der Waals surface area contributed by atoms with Crippen LogP contribution in [-0.2, 0) is 0 Å². The SMILES string of the molecule is CCC(C)CN(C)C(=O)c1ccc(N)c([N+](=O)[O-])c1. The van der Waals surface area contributed by atoms with E-state index in [-0.39, 0.29) is 22.8 Å². The van der Waals surface area contributed by atoms with Crippen molar-refractivity contribution in [1.82, 2.24) is 4.90 Å². The van der Waals surface area contributed by atoms with Gasteiger partial charge in [-0.25, -0.2) is 0 Å². The number of nitrogens with zero attached hydrogens (tertiary/aromatic N) is 2. The van der Waals surface area contributed by atoms with Crippen LogP contribution in [0.1, 0.15) is 30.6 Å². The summed E-state index contributed by atoms with van der Waals surface area (Å²) < 4.78 is 0. The zero-order valence-electron chi connectivity index (χ0n) is 11.4. The Hall–Kier alpha value is -2.11. The zero-order chi connectivity index (χ0) is 14.6. The molecule has 6 heteroatoms. The lowest BCUT2D eigenvalue weighted by molar-refractivity contribution is -0.383. The zero-order valence-corrected chi connectivity index (χ0v) is 11.4. The highest BCUT2D eigenvalue weighted by molar-refractivity contribution is 5.95. The van der Waals surface area contributed by atoms with Crippen molar-refractivity contribution in [3.63, 3.8) is 0 Å². The Morgan fingerprint density at radius 3 is 2.68 bits per heavy atom. The summed E-state index contributed by atoms with van der Waals surface area (Å²) in [5, 5.41) is 10.8. The summed E-state index contributed by atoms with van der Waals surface area (Å²) in [5.41, 5.74) is 5.61. The fourth-order valence-electron chi connectivity index (χ4n) is 1.73. The summed E-state index contributed by atoms with van der Waals surface area (Å²) in [6.07, 6.45) is 0.972. The largest absolute Gasteiger partial charge is 0.393 e. The summed E-state index contributed by atoms with van der Waals surface area (Å²) >= 11 is 0. The third kappa shape index (κ3) is 3.67. The fourth-order valence-corrected chi connectivity index (χ4v) is 1.73. The topological polar surface area (TPSA) is 89.5 Å². The second-order valence-corrected chi connectivity index (χ2v) is 4.73. The number of nitrogens with two attached hydrogens (primary N) is 1. The van der Waals surface area contributed by atoms with Crippen molar-refractivity contribution in [3.8, 4) is 0 Å². The normalized spacial score (nSPS) is 11.9. The highest BCUT2D eigenvalue weighted by atomic mass is 16.6. The second-order valence-electron chi connectivity index (χ2n) is 4.73. The lowest BCUT2D eigenvalue weighted by atomic mass is 10.1. The lowest BCUT2D eigenvalue weighted by Crippen LogP contribution is -2.30. The molecular weight excluding hydrogens is 246 g/mol. The van der Waals surface area contributed by atoms with Gasteiger partial charge in [0.2, 0.25) is 0 Å². The van der Waals surface area contributed by atoms with E-state index in [1.807, 2.05) is 0 Å². The van der Waals surface area contributed by atoms with Gasteiger partial charge in [-0.3, -0.25) is 14.9 Å². The van der Waals surface area contributed by atoms with Crippen LogP contribution in [0.25, 0.3) is 0 Å². The molecule has 1 aromatic carbocycles. The number of hydrogen-bond donors (Lipinski definition) is 1. The molecule has 0 bridgehead atoms. The fraction of sp³-hybridized carbons (Fsp3) is 0.462. The molecule has 0 aliphatic heterocycles. The number of amides is 1. The van der Waals surface area contributed by atoms with Gasteiger partial charge in [-0.2, -0.15) is 0 Å². The smallest absolute Gasteiger partial charge is 0.292 e. The maximum atomic E-state index is 12.1. The molecule has 0 spiro atoms. The Morgan fingerprint density at radius 2 is 2.16 bits per heavy atom. The number of hydrogen-bond acceptors (Lipinski definition) is 4. The molecule has 1 aromatic rings. The first-order valence-electron chi connectivity index (χ1n) is 6.16. The van der Waals surface area contributed by atoms with E-state index < -0.39 is 4.92 Å². The van der Waals surface area contributed by atoms with E-state index in [4.69, 9.17) is 5.73 Å². The molecule has 104 valence electrons. The molecule has 6 nitrogen and oxygen atoms in total. The van der Waals surface area contributed by atoms with E-state index in [9.17, 15) is 14.9 Å². The number of nitro benzene ring substituents is 1. The number of rotatable bonds is 5. The van der Waals surface area contributed by atoms with E-state index >= 15 is 0 Å². The quantitative estimate of drug-likeness (QED) is 0.502. The molecule has 1 atom stereocenters. The van der Waals surface area contributed by atoms with E-state index in [1.54, 1.807) is 11.9 Å². The van der Waals surface area contributed by atoms with Gasteiger partial charge in [-0.15, -0.1) is 0 Å². The number of nitro groups is 1. The molecule has 1 amide bonds. The molecule has 1 unspecified atom stereocenters. The Kier molecular flexibility index (Phi) is 4.86. The molecule has 0 radical (unpaired) electrons. The van der Waals surface area contributed by atoms with Gasteiger partial charge in [0, 0.05) is 25.2 Å². The number of anilines is 1. The average molecular weight is 265 g/mol. The van der Waals surface area contributed by atoms with Crippen LogP contribution in [0.5, 0.6) is 0 Å². The van der Waals surface area contributed by atoms with Crippen molar-refractivity contribution in [3.05, 3.63) is 33.9 Å². The molecule has 0 fully saturated rings. The van der Waals surface area contributed by atoms with Gasteiger partial charge in [0.05, 0.1) is 4.92 Å². The molecule has 0 aromatic heterocycles. The number of carbonyl (C=O) groups is 1. The number of nitrogen functional groups attached to an aromatic ring is 1. The maximum Gasteiger partial charge on any atom is 0.292 e. The van der Waals surface area contributed by atoms with Gasteiger partial charge < -0.3 is 10.6 Å². The second kappa shape index (κ2) is 6.17. The molecule has 19 heavy (non-hydrogen) atoms. The average Bonchev–Trinajstić information content (AvgIpc) is 2.37. The van der Waals surface area contributed by atoms with Gasteiger partial charge in [0.15, 0.2) is 0 Å². The number of benzene rings is 1. The summed E-state index contributed by atoms with van der Waals surface area (Å²) in [6.45, 7) is 4.72. The molecule has 0 aliphatic rings. The van der Waals surface area contributed by atoms with E-state index in [2.05, 4.69) is 13.8 Å². The van der Waals surface area contributed by atoms with Crippen LogP contribution in [0.15, 0.2) is 18.2 Å². The van der Waals surface area contributed by atoms with Gasteiger partial charge in [-0.1, -0.05) is 20.3 Å². The first-order chi connectivity index (χ1) is 8.86. The van der Waals surface area contributed by atoms with Gasteiger partial charge >= 0.3 is 0 Å². The Bertz CT molecular complexity index is 488. The highest BCUT2D eigenvalue weighted by Gasteiger charge is 2.18. The van der Waals surface area contributed by atoms with Crippen LogP contribution in [0, 0.1) is 16.0 Å². The van der Waals surface area contributed by atoms with Crippen LogP contribution in [-0.4, -0.2) is 29.3 Å². The van der Waals surface area contributed by atoms with Gasteiger partial charge in [0.25, 0.3) is 11.6 Å². The lowest BCUT2D eigenvalue weighted by Gasteiger charge is -2.20. The molecule has 2 N–H and O–H groups in total. The van der Waals surface area contributed by atoms with E-state index in [1.165, 1.54) is 18.2 Å². The third-order valence-electron chi connectivity index (χ3n) is 3.10. The maximum absolute atomic E-state index is 12.1. The van der Waals surface area contributed by atoms with Gasteiger partial charge in [-0.05, 0) is 18.1 Å². The van der Waals surface area contributed by atoms with Crippen molar-refractivity contribution in [1.29, 1.82) is 0 Å². The standard InChI is InChI=1S/C13H19N3O3/c1-4-9(2)8-15(3)13(17)10-5-6-11(14)12(7-10)16(18)19/h5-7,9H,4,8,14H2,1-3H3. The van der Waals surface area contributed by atoms with E-state index in [0.717, 1.165) is 6.42 Å². The first kappa shape index (κ1) is 14.9. The van der Waals surface area contributed by atoms with Crippen LogP contribution in [0.4, 0.5) is 11.4 Å². The van der Waals surface area contributed by atoms with E-state index in [0.29, 0.717) is 12.5 Å². The minimum absolute atomic E-state index is 0.0612. The Morgan fingerprint density at radius 1 is 1.53 bits per heavy atom. The highest BCUT2D eigenvalue weighted by Crippen LogP contribution is 2.23. The summed E-state index contributed by atoms with van der Waals surface area (Å²) in [7, 11) is 1.69. The summed E-state index contributed by atoms with van der Waals surface area (Å²) in [5.74, 6) is 0.154. The summed E-state index contributed by atoms with van der Waals surface area (Å²) in [6, 6.07) is 4.13. The Balaban J connectivity index is 2.94. The third-order valence-corrected chi connectivity index (χ3v) is 3.10. The van der Waals surface area contributed by atoms with Crippen molar-refractivity contribution in [2.24, 2.45) is 5.92 Å². The minimum atomic E-state index is -0.583. The van der Waals surface area contributed by atoms with Crippen LogP contribution >= 0.6 is 0 Å². The molecule has 0 saturated heterocycles. The van der Waals surface area contributed by atoms with Crippen molar-refractivity contribution < 1.29 is 9.72 Å².